The van der Waals surface area contributed by atoms with Crippen LogP contribution in [0.4, 0.5) is 0 Å². The third-order valence-corrected chi connectivity index (χ3v) is 3.06. The first-order valence-electron chi connectivity index (χ1n) is 5.83. The molecule has 6 heteroatoms. The Kier molecular flexibility index (Phi) is 3.02. The molecule has 3 rings (SSSR count). The van der Waals surface area contributed by atoms with Gasteiger partial charge in [0.05, 0.1) is 0 Å². The van der Waals surface area contributed by atoms with Crippen LogP contribution in [-0.2, 0) is 12.8 Å². The number of benzene rings is 1. The molecule has 1 aliphatic rings. The molecule has 0 saturated heterocycles. The Morgan fingerprint density at radius 1 is 1.17 bits per heavy atom. The van der Waals surface area contributed by atoms with Crippen molar-refractivity contribution >= 4 is 12.2 Å². The molecule has 0 saturated carbocycles. The number of hydrogen-bond acceptors (Lipinski definition) is 4. The predicted octanol–water partition coefficient (Wildman–Crippen LogP) is 2.37. The molecule has 0 bridgehead atoms. The lowest BCUT2D eigenvalue weighted by Gasteiger charge is -2.02. The summed E-state index contributed by atoms with van der Waals surface area (Å²) in [4.78, 5) is 4.16. The van der Waals surface area contributed by atoms with E-state index in [-0.39, 0.29) is 0 Å². The van der Waals surface area contributed by atoms with E-state index >= 15 is 0 Å². The van der Waals surface area contributed by atoms with E-state index in [1.807, 2.05) is 12.1 Å². The van der Waals surface area contributed by atoms with E-state index in [1.165, 1.54) is 5.56 Å². The highest BCUT2D eigenvalue weighted by Gasteiger charge is 2.12. The molecule has 0 atom stereocenters. The van der Waals surface area contributed by atoms with Crippen LogP contribution in [0.1, 0.15) is 17.8 Å². The van der Waals surface area contributed by atoms with E-state index in [0.29, 0.717) is 11.6 Å². The first kappa shape index (κ1) is 11.3. The Balaban J connectivity index is 1.58. The number of rotatable bonds is 4. The van der Waals surface area contributed by atoms with Crippen molar-refractivity contribution in [2.24, 2.45) is 0 Å². The standard InChI is InChI=1S/C12H13N3O2S/c18-12-13-11(14-15-12)3-1-2-8-4-5-9-10(6-8)17-7-16-9/h4-6H,1-3,7H2,(H2,13,14,15,18). The number of aromatic amines is 2. The zero-order valence-electron chi connectivity index (χ0n) is 9.73. The van der Waals surface area contributed by atoms with Gasteiger partial charge < -0.3 is 9.47 Å². The van der Waals surface area contributed by atoms with Gasteiger partial charge in [0, 0.05) is 6.42 Å². The fraction of sp³-hybridized carbons (Fsp3) is 0.333. The Hall–Kier alpha value is -1.82. The minimum Gasteiger partial charge on any atom is -0.454 e. The van der Waals surface area contributed by atoms with E-state index < -0.39 is 0 Å². The van der Waals surface area contributed by atoms with Crippen LogP contribution < -0.4 is 9.47 Å². The summed E-state index contributed by atoms with van der Waals surface area (Å²) in [5.41, 5.74) is 1.24. The summed E-state index contributed by atoms with van der Waals surface area (Å²) in [6, 6.07) is 6.06. The number of ether oxygens (including phenoxy) is 2. The van der Waals surface area contributed by atoms with Crippen molar-refractivity contribution in [3.63, 3.8) is 0 Å². The number of hydrogen-bond donors (Lipinski definition) is 2. The van der Waals surface area contributed by atoms with E-state index in [2.05, 4.69) is 21.2 Å². The van der Waals surface area contributed by atoms with Crippen LogP contribution in [0.15, 0.2) is 18.2 Å². The summed E-state index contributed by atoms with van der Waals surface area (Å²) < 4.78 is 11.1. The average Bonchev–Trinajstić information content (AvgIpc) is 2.97. The van der Waals surface area contributed by atoms with Crippen molar-refractivity contribution in [3.8, 4) is 11.5 Å². The van der Waals surface area contributed by atoms with Gasteiger partial charge in [0.1, 0.15) is 5.82 Å². The summed E-state index contributed by atoms with van der Waals surface area (Å²) in [6.45, 7) is 0.322. The molecular formula is C12H13N3O2S. The molecule has 94 valence electrons. The highest BCUT2D eigenvalue weighted by molar-refractivity contribution is 7.71. The molecule has 0 radical (unpaired) electrons. The number of aryl methyl sites for hydroxylation is 2. The SMILES string of the molecule is S=c1nc(CCCc2ccc3c(c2)OCO3)[nH][nH]1. The Morgan fingerprint density at radius 2 is 2.06 bits per heavy atom. The smallest absolute Gasteiger partial charge is 0.231 e. The third-order valence-electron chi connectivity index (χ3n) is 2.87. The maximum Gasteiger partial charge on any atom is 0.231 e. The number of H-pyrrole nitrogens is 2. The minimum atomic E-state index is 0.322. The largest absolute Gasteiger partial charge is 0.454 e. The Bertz CT molecular complexity index is 605. The Morgan fingerprint density at radius 3 is 2.89 bits per heavy atom. The summed E-state index contributed by atoms with van der Waals surface area (Å²) in [5.74, 6) is 2.57. The topological polar surface area (TPSA) is 62.9 Å². The van der Waals surface area contributed by atoms with Gasteiger partial charge in [-0.2, -0.15) is 0 Å². The van der Waals surface area contributed by atoms with E-state index in [9.17, 15) is 0 Å². The van der Waals surface area contributed by atoms with E-state index in [1.54, 1.807) is 0 Å². The highest BCUT2D eigenvalue weighted by Crippen LogP contribution is 2.32. The fourth-order valence-corrected chi connectivity index (χ4v) is 2.14. The van der Waals surface area contributed by atoms with Gasteiger partial charge in [-0.1, -0.05) is 6.07 Å². The van der Waals surface area contributed by atoms with Crippen molar-refractivity contribution < 1.29 is 9.47 Å². The van der Waals surface area contributed by atoms with Crippen LogP contribution in [0.25, 0.3) is 0 Å². The number of fused-ring (bicyclic) bond motifs is 1. The van der Waals surface area contributed by atoms with Gasteiger partial charge in [-0.3, -0.25) is 10.2 Å². The number of aromatic nitrogens is 3. The van der Waals surface area contributed by atoms with Gasteiger partial charge in [0.15, 0.2) is 11.5 Å². The maximum atomic E-state index is 5.35. The van der Waals surface area contributed by atoms with Gasteiger partial charge in [-0.25, -0.2) is 4.98 Å². The van der Waals surface area contributed by atoms with Gasteiger partial charge >= 0.3 is 0 Å². The lowest BCUT2D eigenvalue weighted by atomic mass is 10.1. The second-order valence-corrected chi connectivity index (χ2v) is 4.54. The lowest BCUT2D eigenvalue weighted by Crippen LogP contribution is -1.93. The zero-order chi connectivity index (χ0) is 12.4. The molecule has 5 nitrogen and oxygen atoms in total. The van der Waals surface area contributed by atoms with Crippen molar-refractivity contribution in [2.45, 2.75) is 19.3 Å². The van der Waals surface area contributed by atoms with Crippen molar-refractivity contribution in [3.05, 3.63) is 34.4 Å². The molecule has 1 aromatic carbocycles. The second kappa shape index (κ2) is 4.81. The van der Waals surface area contributed by atoms with Crippen LogP contribution in [0.2, 0.25) is 0 Å². The quantitative estimate of drug-likeness (QED) is 0.831. The Labute approximate surface area is 109 Å². The molecule has 0 amide bonds. The van der Waals surface area contributed by atoms with E-state index in [0.717, 1.165) is 36.6 Å². The molecule has 0 spiro atoms. The predicted molar refractivity (Wildman–Crippen MR) is 68.4 cm³/mol. The molecule has 18 heavy (non-hydrogen) atoms. The van der Waals surface area contributed by atoms with Crippen molar-refractivity contribution in [1.82, 2.24) is 15.2 Å². The monoisotopic (exact) mass is 263 g/mol. The zero-order valence-corrected chi connectivity index (χ0v) is 10.5. The fourth-order valence-electron chi connectivity index (χ4n) is 1.98. The summed E-state index contributed by atoms with van der Waals surface area (Å²) in [5, 5.41) is 5.74. The molecule has 2 N–H and O–H groups in total. The van der Waals surface area contributed by atoms with Crippen LogP contribution in [0.3, 0.4) is 0 Å². The normalized spacial score (nSPS) is 12.9. The molecule has 0 fully saturated rings. The molecule has 1 aliphatic heterocycles. The van der Waals surface area contributed by atoms with Crippen molar-refractivity contribution in [1.29, 1.82) is 0 Å². The summed E-state index contributed by atoms with van der Waals surface area (Å²) in [6.07, 6.45) is 2.86. The number of nitrogens with zero attached hydrogens (tertiary/aromatic N) is 1. The third kappa shape index (κ3) is 2.38. The van der Waals surface area contributed by atoms with Crippen LogP contribution in [0.5, 0.6) is 11.5 Å². The molecule has 2 heterocycles. The van der Waals surface area contributed by atoms with Crippen LogP contribution in [-0.4, -0.2) is 22.0 Å². The lowest BCUT2D eigenvalue weighted by molar-refractivity contribution is 0.174. The van der Waals surface area contributed by atoms with Gasteiger partial charge in [-0.15, -0.1) is 0 Å². The minimum absolute atomic E-state index is 0.322. The first-order valence-corrected chi connectivity index (χ1v) is 6.24. The first-order chi connectivity index (χ1) is 8.81. The molecule has 2 aromatic rings. The van der Waals surface area contributed by atoms with Gasteiger partial charge in [-0.05, 0) is 42.8 Å². The molecule has 0 unspecified atom stereocenters. The van der Waals surface area contributed by atoms with Crippen LogP contribution in [0, 0.1) is 4.77 Å². The van der Waals surface area contributed by atoms with Gasteiger partial charge in [0.2, 0.25) is 11.6 Å². The highest BCUT2D eigenvalue weighted by atomic mass is 32.1. The molecule has 1 aromatic heterocycles. The maximum absolute atomic E-state index is 5.35. The summed E-state index contributed by atoms with van der Waals surface area (Å²) in [7, 11) is 0. The van der Waals surface area contributed by atoms with E-state index in [4.69, 9.17) is 21.7 Å². The molecular weight excluding hydrogens is 250 g/mol. The van der Waals surface area contributed by atoms with Crippen LogP contribution >= 0.6 is 12.2 Å². The van der Waals surface area contributed by atoms with Crippen molar-refractivity contribution in [2.75, 3.05) is 6.79 Å². The average molecular weight is 263 g/mol. The summed E-state index contributed by atoms with van der Waals surface area (Å²) >= 11 is 4.90. The van der Waals surface area contributed by atoms with Gasteiger partial charge in [0.25, 0.3) is 0 Å². The second-order valence-electron chi connectivity index (χ2n) is 4.15. The molecule has 0 aliphatic carbocycles. The number of nitrogens with one attached hydrogen (secondary N) is 2.